The molecule has 0 unspecified atom stereocenters. The second-order valence-electron chi connectivity index (χ2n) is 6.84. The minimum Gasteiger partial charge on any atom is -0.374 e. The van der Waals surface area contributed by atoms with E-state index >= 15 is 0 Å². The van der Waals surface area contributed by atoms with Crippen LogP contribution in [-0.2, 0) is 4.74 Å². The number of halogens is 4. The molecular formula is C18H26F4O. The Morgan fingerprint density at radius 1 is 0.957 bits per heavy atom. The standard InChI is InChI=1S/C18H26F4O/c1-2-11-23-16-9-7-14(8-10-16)13-3-5-15(6-4-13)17(19)12-18(20,21)22/h2,12-16H,1,3-11H2. The van der Waals surface area contributed by atoms with E-state index in [0.717, 1.165) is 38.5 Å². The summed E-state index contributed by atoms with van der Waals surface area (Å²) in [5.74, 6) is -0.378. The van der Waals surface area contributed by atoms with Crippen LogP contribution in [0.1, 0.15) is 51.4 Å². The van der Waals surface area contributed by atoms with Gasteiger partial charge < -0.3 is 4.74 Å². The Morgan fingerprint density at radius 2 is 1.48 bits per heavy atom. The molecule has 0 N–H and O–H groups in total. The lowest BCUT2D eigenvalue weighted by atomic mass is 9.70. The summed E-state index contributed by atoms with van der Waals surface area (Å²) in [5.41, 5.74) is 0. The molecule has 0 amide bonds. The summed E-state index contributed by atoms with van der Waals surface area (Å²) in [7, 11) is 0. The third-order valence-corrected chi connectivity index (χ3v) is 5.30. The van der Waals surface area contributed by atoms with Crippen molar-refractivity contribution >= 4 is 0 Å². The van der Waals surface area contributed by atoms with Crippen molar-refractivity contribution in [2.75, 3.05) is 6.61 Å². The number of alkyl halides is 3. The van der Waals surface area contributed by atoms with Crippen molar-refractivity contribution in [3.63, 3.8) is 0 Å². The van der Waals surface area contributed by atoms with E-state index < -0.39 is 17.9 Å². The van der Waals surface area contributed by atoms with Crippen LogP contribution in [0.15, 0.2) is 24.6 Å². The Balaban J connectivity index is 1.75. The van der Waals surface area contributed by atoms with E-state index in [2.05, 4.69) is 6.58 Å². The van der Waals surface area contributed by atoms with Gasteiger partial charge in [-0.15, -0.1) is 6.58 Å². The Labute approximate surface area is 135 Å². The topological polar surface area (TPSA) is 9.23 Å². The quantitative estimate of drug-likeness (QED) is 0.444. The molecule has 0 aromatic carbocycles. The van der Waals surface area contributed by atoms with Crippen LogP contribution in [0.5, 0.6) is 0 Å². The van der Waals surface area contributed by atoms with Crippen molar-refractivity contribution in [2.24, 2.45) is 17.8 Å². The summed E-state index contributed by atoms with van der Waals surface area (Å²) in [5, 5.41) is 0. The number of rotatable bonds is 5. The zero-order chi connectivity index (χ0) is 16.9. The van der Waals surface area contributed by atoms with Crippen LogP contribution in [0, 0.1) is 17.8 Å². The summed E-state index contributed by atoms with van der Waals surface area (Å²) >= 11 is 0. The molecule has 1 nitrogen and oxygen atoms in total. The van der Waals surface area contributed by atoms with Crippen LogP contribution in [0.3, 0.4) is 0 Å². The second kappa shape index (κ2) is 8.32. The van der Waals surface area contributed by atoms with E-state index in [1.54, 1.807) is 6.08 Å². The van der Waals surface area contributed by atoms with Gasteiger partial charge in [0, 0.05) is 5.92 Å². The van der Waals surface area contributed by atoms with Gasteiger partial charge in [-0.05, 0) is 63.2 Å². The van der Waals surface area contributed by atoms with Crippen molar-refractivity contribution in [2.45, 2.75) is 63.6 Å². The molecule has 0 bridgehead atoms. The number of ether oxygens (including phenoxy) is 1. The number of hydrogen-bond donors (Lipinski definition) is 0. The molecule has 0 saturated heterocycles. The molecule has 0 radical (unpaired) electrons. The van der Waals surface area contributed by atoms with E-state index in [1.807, 2.05) is 0 Å². The lowest BCUT2D eigenvalue weighted by Gasteiger charge is -2.37. The van der Waals surface area contributed by atoms with E-state index in [-0.39, 0.29) is 6.08 Å². The predicted molar refractivity (Wildman–Crippen MR) is 82.6 cm³/mol. The van der Waals surface area contributed by atoms with Gasteiger partial charge in [-0.2, -0.15) is 13.2 Å². The van der Waals surface area contributed by atoms with Crippen LogP contribution in [0.25, 0.3) is 0 Å². The number of allylic oxidation sites excluding steroid dienone is 2. The fourth-order valence-corrected chi connectivity index (χ4v) is 4.07. The summed E-state index contributed by atoms with van der Waals surface area (Å²) in [6.45, 7) is 4.23. The highest BCUT2D eigenvalue weighted by molar-refractivity contribution is 5.03. The Kier molecular flexibility index (Phi) is 6.69. The Bertz CT molecular complexity index is 400. The fraction of sp³-hybridized carbons (Fsp3) is 0.778. The van der Waals surface area contributed by atoms with Crippen molar-refractivity contribution < 1.29 is 22.3 Å². The van der Waals surface area contributed by atoms with Gasteiger partial charge in [0.1, 0.15) is 5.83 Å². The minimum absolute atomic E-state index is 0.167. The maximum atomic E-state index is 13.6. The van der Waals surface area contributed by atoms with E-state index in [4.69, 9.17) is 4.74 Å². The maximum Gasteiger partial charge on any atom is 0.412 e. The van der Waals surface area contributed by atoms with Gasteiger partial charge in [0.15, 0.2) is 0 Å². The van der Waals surface area contributed by atoms with Gasteiger partial charge in [-0.25, -0.2) is 4.39 Å². The van der Waals surface area contributed by atoms with Crippen molar-refractivity contribution in [3.8, 4) is 0 Å². The molecule has 2 rings (SSSR count). The SMILES string of the molecule is C=CCOC1CCC(C2CCC(C(F)=CC(F)(F)F)CC2)CC1. The monoisotopic (exact) mass is 334 g/mol. The second-order valence-corrected chi connectivity index (χ2v) is 6.84. The highest BCUT2D eigenvalue weighted by atomic mass is 19.4. The third-order valence-electron chi connectivity index (χ3n) is 5.30. The molecule has 2 aliphatic carbocycles. The van der Waals surface area contributed by atoms with Crippen molar-refractivity contribution in [1.29, 1.82) is 0 Å². The molecular weight excluding hydrogens is 308 g/mol. The van der Waals surface area contributed by atoms with Gasteiger partial charge >= 0.3 is 6.18 Å². The van der Waals surface area contributed by atoms with Crippen LogP contribution in [-0.4, -0.2) is 18.9 Å². The van der Waals surface area contributed by atoms with E-state index in [1.165, 1.54) is 0 Å². The highest BCUT2D eigenvalue weighted by Gasteiger charge is 2.34. The Hall–Kier alpha value is -0.840. The molecule has 0 atom stereocenters. The largest absolute Gasteiger partial charge is 0.412 e. The van der Waals surface area contributed by atoms with Crippen molar-refractivity contribution in [3.05, 3.63) is 24.6 Å². The molecule has 2 aliphatic rings. The van der Waals surface area contributed by atoms with Gasteiger partial charge in [-0.1, -0.05) is 6.08 Å². The zero-order valence-corrected chi connectivity index (χ0v) is 13.5. The van der Waals surface area contributed by atoms with Crippen LogP contribution >= 0.6 is 0 Å². The molecule has 0 heterocycles. The van der Waals surface area contributed by atoms with Gasteiger partial charge in [-0.3, -0.25) is 0 Å². The van der Waals surface area contributed by atoms with Crippen LogP contribution in [0.2, 0.25) is 0 Å². The molecule has 5 heteroatoms. The average molecular weight is 334 g/mol. The lowest BCUT2D eigenvalue weighted by molar-refractivity contribution is -0.0821. The van der Waals surface area contributed by atoms with Crippen molar-refractivity contribution in [1.82, 2.24) is 0 Å². The molecule has 0 aliphatic heterocycles. The normalized spacial score (nSPS) is 33.5. The number of hydrogen-bond acceptors (Lipinski definition) is 1. The summed E-state index contributed by atoms with van der Waals surface area (Å²) < 4.78 is 56.0. The van der Waals surface area contributed by atoms with Crippen LogP contribution in [0.4, 0.5) is 17.6 Å². The predicted octanol–water partition coefficient (Wildman–Crippen LogP) is 5.97. The molecule has 0 aromatic rings. The van der Waals surface area contributed by atoms with Gasteiger partial charge in [0.2, 0.25) is 0 Å². The Morgan fingerprint density at radius 3 is 1.96 bits per heavy atom. The highest BCUT2D eigenvalue weighted by Crippen LogP contribution is 2.42. The van der Waals surface area contributed by atoms with Crippen LogP contribution < -0.4 is 0 Å². The lowest BCUT2D eigenvalue weighted by Crippen LogP contribution is -2.28. The zero-order valence-electron chi connectivity index (χ0n) is 13.5. The fourth-order valence-electron chi connectivity index (χ4n) is 4.07. The first-order chi connectivity index (χ1) is 10.9. The first-order valence-electron chi connectivity index (χ1n) is 8.56. The summed E-state index contributed by atoms with van der Waals surface area (Å²) in [6, 6.07) is 0. The summed E-state index contributed by atoms with van der Waals surface area (Å²) in [4.78, 5) is 0. The first-order valence-corrected chi connectivity index (χ1v) is 8.56. The first kappa shape index (κ1) is 18.5. The average Bonchev–Trinajstić information content (AvgIpc) is 2.52. The third kappa shape index (κ3) is 5.94. The van der Waals surface area contributed by atoms with Gasteiger partial charge in [0.25, 0.3) is 0 Å². The van der Waals surface area contributed by atoms with Gasteiger partial charge in [0.05, 0.1) is 18.8 Å². The summed E-state index contributed by atoms with van der Waals surface area (Å²) in [6.07, 6.45) is 4.41. The molecule has 2 saturated carbocycles. The molecule has 0 spiro atoms. The molecule has 0 aromatic heterocycles. The minimum atomic E-state index is -4.55. The smallest absolute Gasteiger partial charge is 0.374 e. The molecule has 132 valence electrons. The van der Waals surface area contributed by atoms with E-state index in [0.29, 0.717) is 37.4 Å². The molecule has 23 heavy (non-hydrogen) atoms. The maximum absolute atomic E-state index is 13.6. The van der Waals surface area contributed by atoms with E-state index in [9.17, 15) is 17.6 Å². The molecule has 2 fully saturated rings.